The Balaban J connectivity index is 1.95. The highest BCUT2D eigenvalue weighted by molar-refractivity contribution is 5.67. The highest BCUT2D eigenvalue weighted by atomic mass is 16.5. The molecule has 0 aromatic carbocycles. The van der Waals surface area contributed by atoms with Crippen molar-refractivity contribution in [2.45, 2.75) is 25.5 Å². The van der Waals surface area contributed by atoms with Crippen molar-refractivity contribution in [2.24, 2.45) is 0 Å². The van der Waals surface area contributed by atoms with Crippen LogP contribution in [0.2, 0.25) is 0 Å². The molecule has 19 heavy (non-hydrogen) atoms. The molecular formula is C13H19N3O3. The monoisotopic (exact) mass is 265 g/mol. The van der Waals surface area contributed by atoms with Crippen molar-refractivity contribution >= 4 is 11.9 Å². The van der Waals surface area contributed by atoms with E-state index in [1.165, 1.54) is 7.11 Å². The van der Waals surface area contributed by atoms with E-state index in [-0.39, 0.29) is 6.04 Å². The third-order valence-corrected chi connectivity index (χ3v) is 3.27. The van der Waals surface area contributed by atoms with Crippen molar-refractivity contribution in [3.8, 4) is 0 Å². The van der Waals surface area contributed by atoms with Gasteiger partial charge in [0.2, 0.25) is 0 Å². The number of nitrogens with one attached hydrogen (secondary N) is 1. The van der Waals surface area contributed by atoms with Gasteiger partial charge in [0.15, 0.2) is 0 Å². The van der Waals surface area contributed by atoms with E-state index in [9.17, 15) is 9.90 Å². The number of carbonyl (C=O) groups is 1. The molecule has 1 aromatic heterocycles. The van der Waals surface area contributed by atoms with Crippen LogP contribution in [0.1, 0.15) is 25.0 Å². The van der Waals surface area contributed by atoms with Crippen molar-refractivity contribution in [1.29, 1.82) is 0 Å². The second kappa shape index (κ2) is 5.88. The summed E-state index contributed by atoms with van der Waals surface area (Å²) in [5.41, 5.74) is 0.798. The molecule has 2 rings (SSSR count). The molecule has 2 atom stereocenters. The summed E-state index contributed by atoms with van der Waals surface area (Å²) in [5, 5.41) is 12.2. The van der Waals surface area contributed by atoms with Crippen LogP contribution >= 0.6 is 0 Å². The zero-order valence-electron chi connectivity index (χ0n) is 11.2. The van der Waals surface area contributed by atoms with Crippen molar-refractivity contribution in [3.05, 3.63) is 23.9 Å². The molecule has 104 valence electrons. The van der Waals surface area contributed by atoms with Gasteiger partial charge in [0.25, 0.3) is 0 Å². The quantitative estimate of drug-likeness (QED) is 0.855. The molecule has 2 N–H and O–H groups in total. The Hall–Kier alpha value is -1.82. The maximum Gasteiger partial charge on any atom is 0.407 e. The molecule has 0 saturated carbocycles. The topological polar surface area (TPSA) is 74.7 Å². The lowest BCUT2D eigenvalue weighted by Crippen LogP contribution is -2.37. The molecule has 1 unspecified atom stereocenters. The lowest BCUT2D eigenvalue weighted by atomic mass is 10.2. The Kier molecular flexibility index (Phi) is 4.21. The zero-order valence-corrected chi connectivity index (χ0v) is 11.2. The molecule has 0 radical (unpaired) electrons. The predicted molar refractivity (Wildman–Crippen MR) is 71.0 cm³/mol. The van der Waals surface area contributed by atoms with E-state index < -0.39 is 12.2 Å². The number of aliphatic hydroxyl groups excluding tert-OH is 1. The summed E-state index contributed by atoms with van der Waals surface area (Å²) < 4.78 is 4.58. The van der Waals surface area contributed by atoms with Crippen molar-refractivity contribution in [3.63, 3.8) is 0 Å². The largest absolute Gasteiger partial charge is 0.453 e. The number of ether oxygens (including phenoxy) is 1. The van der Waals surface area contributed by atoms with Gasteiger partial charge in [0.1, 0.15) is 5.82 Å². The standard InChI is InChI=1S/C13H19N3O3/c1-9(17)10-3-4-12(14-7-10)16-6-5-11(8-16)15-13(18)19-2/h3-4,7,9,11,17H,5-6,8H2,1-2H3,(H,15,18)/t9-,11?/m1/s1. The van der Waals surface area contributed by atoms with Gasteiger partial charge in [-0.3, -0.25) is 0 Å². The van der Waals surface area contributed by atoms with Crippen LogP contribution in [0.25, 0.3) is 0 Å². The van der Waals surface area contributed by atoms with Gasteiger partial charge in [-0.2, -0.15) is 0 Å². The number of hydrogen-bond donors (Lipinski definition) is 2. The molecule has 0 aliphatic carbocycles. The van der Waals surface area contributed by atoms with Gasteiger partial charge in [-0.1, -0.05) is 6.07 Å². The maximum absolute atomic E-state index is 11.1. The fourth-order valence-electron chi connectivity index (χ4n) is 2.14. The molecule has 0 bridgehead atoms. The Morgan fingerprint density at radius 3 is 3.00 bits per heavy atom. The molecule has 1 aliphatic heterocycles. The third-order valence-electron chi connectivity index (χ3n) is 3.27. The number of hydrogen-bond acceptors (Lipinski definition) is 5. The lowest BCUT2D eigenvalue weighted by Gasteiger charge is -2.18. The van der Waals surface area contributed by atoms with Gasteiger partial charge in [-0.05, 0) is 25.0 Å². The average molecular weight is 265 g/mol. The number of rotatable bonds is 3. The molecule has 0 spiro atoms. The van der Waals surface area contributed by atoms with Crippen LogP contribution in [-0.4, -0.2) is 42.4 Å². The summed E-state index contributed by atoms with van der Waals surface area (Å²) in [5.74, 6) is 0.860. The number of carbonyl (C=O) groups excluding carboxylic acids is 1. The zero-order chi connectivity index (χ0) is 13.8. The highest BCUT2D eigenvalue weighted by Gasteiger charge is 2.24. The number of alkyl carbamates (subject to hydrolysis) is 1. The summed E-state index contributed by atoms with van der Waals surface area (Å²) in [6.07, 6.45) is 1.65. The van der Waals surface area contributed by atoms with Crippen molar-refractivity contribution < 1.29 is 14.6 Å². The molecular weight excluding hydrogens is 246 g/mol. The van der Waals surface area contributed by atoms with Crippen molar-refractivity contribution in [1.82, 2.24) is 10.3 Å². The number of aromatic nitrogens is 1. The molecule has 1 amide bonds. The highest BCUT2D eigenvalue weighted by Crippen LogP contribution is 2.20. The number of anilines is 1. The maximum atomic E-state index is 11.1. The molecule has 1 aliphatic rings. The molecule has 6 nitrogen and oxygen atoms in total. The van der Waals surface area contributed by atoms with Gasteiger partial charge < -0.3 is 20.1 Å². The summed E-state index contributed by atoms with van der Waals surface area (Å²) in [6.45, 7) is 3.27. The Morgan fingerprint density at radius 2 is 2.42 bits per heavy atom. The van der Waals surface area contributed by atoms with E-state index in [1.54, 1.807) is 13.1 Å². The van der Waals surface area contributed by atoms with E-state index in [0.29, 0.717) is 0 Å². The van der Waals surface area contributed by atoms with Crippen LogP contribution in [0, 0.1) is 0 Å². The molecule has 1 aromatic rings. The van der Waals surface area contributed by atoms with Crippen LogP contribution in [-0.2, 0) is 4.74 Å². The van der Waals surface area contributed by atoms with E-state index in [2.05, 4.69) is 19.9 Å². The van der Waals surface area contributed by atoms with Gasteiger partial charge in [-0.25, -0.2) is 9.78 Å². The number of methoxy groups -OCH3 is 1. The first-order valence-electron chi connectivity index (χ1n) is 6.33. The Labute approximate surface area is 112 Å². The predicted octanol–water partition coefficient (Wildman–Crippen LogP) is 1.07. The minimum atomic E-state index is -0.506. The van der Waals surface area contributed by atoms with E-state index >= 15 is 0 Å². The minimum absolute atomic E-state index is 0.0886. The smallest absolute Gasteiger partial charge is 0.407 e. The van der Waals surface area contributed by atoms with Crippen LogP contribution in [0.5, 0.6) is 0 Å². The van der Waals surface area contributed by atoms with Crippen LogP contribution < -0.4 is 10.2 Å². The first kappa shape index (κ1) is 13.6. The second-order valence-electron chi connectivity index (χ2n) is 4.69. The number of aliphatic hydroxyl groups is 1. The summed E-state index contributed by atoms with van der Waals surface area (Å²) in [6, 6.07) is 3.85. The summed E-state index contributed by atoms with van der Waals surface area (Å²) >= 11 is 0. The number of pyridine rings is 1. The lowest BCUT2D eigenvalue weighted by molar-refractivity contribution is 0.167. The third kappa shape index (κ3) is 3.35. The van der Waals surface area contributed by atoms with E-state index in [4.69, 9.17) is 0 Å². The Morgan fingerprint density at radius 1 is 1.63 bits per heavy atom. The SMILES string of the molecule is COC(=O)NC1CCN(c2ccc([C@@H](C)O)cn2)C1. The second-order valence-corrected chi connectivity index (χ2v) is 4.69. The first-order chi connectivity index (χ1) is 9.10. The first-order valence-corrected chi connectivity index (χ1v) is 6.33. The molecule has 1 fully saturated rings. The van der Waals surface area contributed by atoms with Crippen molar-refractivity contribution in [2.75, 3.05) is 25.1 Å². The van der Waals surface area contributed by atoms with Crippen LogP contribution in [0.3, 0.4) is 0 Å². The van der Waals surface area contributed by atoms with Gasteiger partial charge >= 0.3 is 6.09 Å². The summed E-state index contributed by atoms with van der Waals surface area (Å²) in [7, 11) is 1.36. The molecule has 2 heterocycles. The number of nitrogens with zero attached hydrogens (tertiary/aromatic N) is 2. The van der Waals surface area contributed by atoms with Crippen LogP contribution in [0.4, 0.5) is 10.6 Å². The van der Waals surface area contributed by atoms with E-state index in [1.807, 2.05) is 12.1 Å². The fraction of sp³-hybridized carbons (Fsp3) is 0.538. The normalized spacial score (nSPS) is 20.2. The Bertz CT molecular complexity index is 433. The van der Waals surface area contributed by atoms with Crippen LogP contribution in [0.15, 0.2) is 18.3 Å². The summed E-state index contributed by atoms with van der Waals surface area (Å²) in [4.78, 5) is 17.6. The molecule has 1 saturated heterocycles. The average Bonchev–Trinajstić information content (AvgIpc) is 2.87. The van der Waals surface area contributed by atoms with Gasteiger partial charge in [-0.15, -0.1) is 0 Å². The minimum Gasteiger partial charge on any atom is -0.453 e. The van der Waals surface area contributed by atoms with Gasteiger partial charge in [0.05, 0.1) is 19.3 Å². The van der Waals surface area contributed by atoms with Gasteiger partial charge in [0, 0.05) is 19.3 Å². The number of amides is 1. The fourth-order valence-corrected chi connectivity index (χ4v) is 2.14. The molecule has 6 heteroatoms. The van der Waals surface area contributed by atoms with E-state index in [0.717, 1.165) is 30.9 Å².